The van der Waals surface area contributed by atoms with E-state index in [1.165, 1.54) is 0 Å². The first-order valence-electron chi connectivity index (χ1n) is 9.12. The molecule has 1 N–H and O–H groups in total. The van der Waals surface area contributed by atoms with Crippen LogP contribution in [0.2, 0.25) is 0 Å². The monoisotopic (exact) mass is 379 g/mol. The summed E-state index contributed by atoms with van der Waals surface area (Å²) in [6.45, 7) is 1.83. The third-order valence-corrected chi connectivity index (χ3v) is 6.66. The summed E-state index contributed by atoms with van der Waals surface area (Å²) >= 11 is 1.60. The van der Waals surface area contributed by atoms with E-state index in [-0.39, 0.29) is 0 Å². The minimum Gasteiger partial charge on any atom is -0.384 e. The standard InChI is InChI=1S/C20H21N5OS/c1-24-7-5-20(26,6-8-24)17-10-13-3-4-16(22-19(13)27-17)14-9-15-12-25(2)23-18(15)21-11-14/h3-4,9-12,26H,5-8H2,1-2H3. The smallest absolute Gasteiger partial charge is 0.181 e. The summed E-state index contributed by atoms with van der Waals surface area (Å²) in [6.07, 6.45) is 5.32. The lowest BCUT2D eigenvalue weighted by Gasteiger charge is -2.35. The zero-order valence-corrected chi connectivity index (χ0v) is 16.2. The van der Waals surface area contributed by atoms with Gasteiger partial charge in [-0.3, -0.25) is 4.68 Å². The molecule has 0 saturated carbocycles. The number of piperidine rings is 1. The molecule has 1 aliphatic rings. The molecule has 138 valence electrons. The first-order chi connectivity index (χ1) is 13.0. The van der Waals surface area contributed by atoms with Crippen molar-refractivity contribution in [1.29, 1.82) is 0 Å². The minimum absolute atomic E-state index is 0.728. The summed E-state index contributed by atoms with van der Waals surface area (Å²) in [7, 11) is 4.00. The molecule has 27 heavy (non-hydrogen) atoms. The van der Waals surface area contributed by atoms with Crippen LogP contribution in [0.4, 0.5) is 0 Å². The van der Waals surface area contributed by atoms with Gasteiger partial charge in [0.25, 0.3) is 0 Å². The van der Waals surface area contributed by atoms with Gasteiger partial charge in [0.2, 0.25) is 0 Å². The Morgan fingerprint density at radius 3 is 2.74 bits per heavy atom. The summed E-state index contributed by atoms with van der Waals surface area (Å²) in [5.41, 5.74) is 1.88. The van der Waals surface area contributed by atoms with E-state index in [0.717, 1.165) is 63.3 Å². The largest absolute Gasteiger partial charge is 0.384 e. The Labute approximate surface area is 161 Å². The Hall–Kier alpha value is -2.35. The molecular weight excluding hydrogens is 358 g/mol. The van der Waals surface area contributed by atoms with Crippen molar-refractivity contribution < 1.29 is 5.11 Å². The van der Waals surface area contributed by atoms with Crippen LogP contribution < -0.4 is 0 Å². The first-order valence-corrected chi connectivity index (χ1v) is 9.94. The highest BCUT2D eigenvalue weighted by Gasteiger charge is 2.34. The van der Waals surface area contributed by atoms with Crippen LogP contribution in [0, 0.1) is 0 Å². The Morgan fingerprint density at radius 1 is 1.11 bits per heavy atom. The van der Waals surface area contributed by atoms with Gasteiger partial charge in [-0.05, 0) is 44.2 Å². The molecule has 0 bridgehead atoms. The zero-order chi connectivity index (χ0) is 18.6. The molecule has 1 fully saturated rings. The fraction of sp³-hybridized carbons (Fsp3) is 0.350. The molecule has 4 aromatic heterocycles. The van der Waals surface area contributed by atoms with E-state index in [0.29, 0.717) is 0 Å². The fourth-order valence-electron chi connectivity index (χ4n) is 3.72. The van der Waals surface area contributed by atoms with Crippen LogP contribution in [0.15, 0.2) is 36.7 Å². The van der Waals surface area contributed by atoms with Gasteiger partial charge in [0.05, 0.1) is 5.69 Å². The summed E-state index contributed by atoms with van der Waals surface area (Å²) in [5.74, 6) is 0. The number of aromatic nitrogens is 4. The summed E-state index contributed by atoms with van der Waals surface area (Å²) < 4.78 is 1.77. The van der Waals surface area contributed by atoms with Gasteiger partial charge in [0.15, 0.2) is 5.65 Å². The van der Waals surface area contributed by atoms with E-state index in [1.54, 1.807) is 16.0 Å². The highest BCUT2D eigenvalue weighted by Crippen LogP contribution is 2.39. The molecule has 6 nitrogen and oxygen atoms in total. The van der Waals surface area contributed by atoms with Crippen molar-refractivity contribution in [3.8, 4) is 11.3 Å². The van der Waals surface area contributed by atoms with Crippen LogP contribution in [0.3, 0.4) is 0 Å². The quantitative estimate of drug-likeness (QED) is 0.579. The maximum absolute atomic E-state index is 11.1. The lowest BCUT2D eigenvalue weighted by molar-refractivity contribution is -0.0171. The topological polar surface area (TPSA) is 67.1 Å². The van der Waals surface area contributed by atoms with E-state index in [1.807, 2.05) is 25.5 Å². The minimum atomic E-state index is -0.728. The lowest BCUT2D eigenvalue weighted by Crippen LogP contribution is -2.40. The van der Waals surface area contributed by atoms with E-state index in [4.69, 9.17) is 4.98 Å². The predicted octanol–water partition coefficient (Wildman–Crippen LogP) is 3.16. The van der Waals surface area contributed by atoms with Crippen molar-refractivity contribution >= 4 is 32.6 Å². The molecule has 0 aliphatic carbocycles. The number of fused-ring (bicyclic) bond motifs is 2. The number of hydrogen-bond donors (Lipinski definition) is 1. The zero-order valence-electron chi connectivity index (χ0n) is 15.4. The molecule has 0 unspecified atom stereocenters. The summed E-state index contributed by atoms with van der Waals surface area (Å²) in [4.78, 5) is 13.5. The number of hydrogen-bond acceptors (Lipinski definition) is 6. The van der Waals surface area contributed by atoms with Crippen LogP contribution >= 0.6 is 11.3 Å². The molecule has 0 radical (unpaired) electrons. The number of thiophene rings is 1. The van der Waals surface area contributed by atoms with Crippen LogP contribution in [-0.2, 0) is 12.6 Å². The molecule has 0 spiro atoms. The van der Waals surface area contributed by atoms with Gasteiger partial charge in [-0.1, -0.05) is 0 Å². The Bertz CT molecular complexity index is 1140. The van der Waals surface area contributed by atoms with Gasteiger partial charge in [0.1, 0.15) is 10.4 Å². The fourth-order valence-corrected chi connectivity index (χ4v) is 4.89. The lowest BCUT2D eigenvalue weighted by atomic mass is 9.90. The predicted molar refractivity (Wildman–Crippen MR) is 108 cm³/mol. The molecule has 0 amide bonds. The second-order valence-corrected chi connectivity index (χ2v) is 8.51. The van der Waals surface area contributed by atoms with Gasteiger partial charge in [-0.15, -0.1) is 11.3 Å². The van der Waals surface area contributed by atoms with Crippen LogP contribution in [0.5, 0.6) is 0 Å². The SMILES string of the molecule is CN1CCC(O)(c2cc3ccc(-c4cnc5nn(C)cc5c4)nc3s2)CC1. The van der Waals surface area contributed by atoms with E-state index < -0.39 is 5.60 Å². The normalized spacial score (nSPS) is 17.7. The number of likely N-dealkylation sites (tertiary alicyclic amines) is 1. The maximum atomic E-state index is 11.1. The molecule has 4 aromatic rings. The summed E-state index contributed by atoms with van der Waals surface area (Å²) in [6, 6.07) is 8.29. The maximum Gasteiger partial charge on any atom is 0.181 e. The second-order valence-electron chi connectivity index (χ2n) is 7.48. The van der Waals surface area contributed by atoms with Crippen molar-refractivity contribution in [2.75, 3.05) is 20.1 Å². The number of nitrogens with zero attached hydrogens (tertiary/aromatic N) is 5. The van der Waals surface area contributed by atoms with Gasteiger partial charge < -0.3 is 10.0 Å². The molecule has 1 aliphatic heterocycles. The Balaban J connectivity index is 1.53. The highest BCUT2D eigenvalue weighted by atomic mass is 32.1. The van der Waals surface area contributed by atoms with Crippen molar-refractivity contribution in [1.82, 2.24) is 24.6 Å². The number of aliphatic hydroxyl groups is 1. The van der Waals surface area contributed by atoms with Crippen LogP contribution in [0.25, 0.3) is 32.5 Å². The molecule has 7 heteroatoms. The average molecular weight is 379 g/mol. The second kappa shape index (κ2) is 6.09. The average Bonchev–Trinajstić information content (AvgIpc) is 3.25. The van der Waals surface area contributed by atoms with Crippen molar-refractivity contribution in [2.24, 2.45) is 7.05 Å². The molecule has 0 aromatic carbocycles. The van der Waals surface area contributed by atoms with Gasteiger partial charge in [0, 0.05) is 53.7 Å². The van der Waals surface area contributed by atoms with Gasteiger partial charge in [-0.25, -0.2) is 9.97 Å². The Morgan fingerprint density at radius 2 is 1.93 bits per heavy atom. The van der Waals surface area contributed by atoms with Crippen LogP contribution in [-0.4, -0.2) is 49.9 Å². The third-order valence-electron chi connectivity index (χ3n) is 5.43. The summed E-state index contributed by atoms with van der Waals surface area (Å²) in [5, 5.41) is 17.5. The first kappa shape index (κ1) is 16.8. The molecule has 0 atom stereocenters. The molecule has 1 saturated heterocycles. The van der Waals surface area contributed by atoms with Crippen molar-refractivity contribution in [3.05, 3.63) is 41.5 Å². The molecule has 5 heterocycles. The van der Waals surface area contributed by atoms with E-state index in [9.17, 15) is 5.11 Å². The number of pyridine rings is 2. The van der Waals surface area contributed by atoms with Gasteiger partial charge >= 0.3 is 0 Å². The molecular formula is C20H21N5OS. The van der Waals surface area contributed by atoms with Crippen molar-refractivity contribution in [2.45, 2.75) is 18.4 Å². The van der Waals surface area contributed by atoms with Crippen molar-refractivity contribution in [3.63, 3.8) is 0 Å². The third kappa shape index (κ3) is 2.92. The van der Waals surface area contributed by atoms with Gasteiger partial charge in [-0.2, -0.15) is 5.10 Å². The van der Waals surface area contributed by atoms with E-state index >= 15 is 0 Å². The highest BCUT2D eigenvalue weighted by molar-refractivity contribution is 7.18. The van der Waals surface area contributed by atoms with E-state index in [2.05, 4.69) is 40.2 Å². The number of aryl methyl sites for hydroxylation is 1. The van der Waals surface area contributed by atoms with Crippen LogP contribution in [0.1, 0.15) is 17.7 Å². The number of rotatable bonds is 2. The Kier molecular flexibility index (Phi) is 3.79. The molecule has 5 rings (SSSR count).